The highest BCUT2D eigenvalue weighted by atomic mass is 35.5. The van der Waals surface area contributed by atoms with Crippen molar-refractivity contribution in [2.45, 2.75) is 0 Å². The number of halogens is 1. The molecule has 0 saturated heterocycles. The van der Waals surface area contributed by atoms with Crippen molar-refractivity contribution in [3.63, 3.8) is 0 Å². The summed E-state index contributed by atoms with van der Waals surface area (Å²) in [5.41, 5.74) is 4.77. The van der Waals surface area contributed by atoms with Crippen LogP contribution in [-0.4, -0.2) is 0 Å². The van der Waals surface area contributed by atoms with E-state index in [1.165, 1.54) is 0 Å². The van der Waals surface area contributed by atoms with Gasteiger partial charge < -0.3 is 18.1 Å². The predicted molar refractivity (Wildman–Crippen MR) is 24.6 cm³/mol. The maximum absolute atomic E-state index is 3.68. The summed E-state index contributed by atoms with van der Waals surface area (Å²) in [6.07, 6.45) is 0. The first-order chi connectivity index (χ1) is 2.89. The van der Waals surface area contributed by atoms with E-state index >= 15 is 0 Å². The Morgan fingerprint density at radius 2 is 1.57 bits per heavy atom. The molecular weight excluding hydrogens is 110 g/mol. The minimum Gasteiger partial charge on any atom is -1.00 e. The molecule has 0 radical (unpaired) electrons. The van der Waals surface area contributed by atoms with Gasteiger partial charge in [-0.2, -0.15) is 0 Å². The van der Waals surface area contributed by atoms with Gasteiger partial charge in [-0.1, -0.05) is 0 Å². The molecule has 0 saturated carbocycles. The SMILES string of the molecule is [Cl-].[NH3+][c-]1cccc1. The summed E-state index contributed by atoms with van der Waals surface area (Å²) < 4.78 is 0. The van der Waals surface area contributed by atoms with Crippen molar-refractivity contribution in [2.24, 2.45) is 0 Å². The maximum atomic E-state index is 3.68. The van der Waals surface area contributed by atoms with E-state index in [0.29, 0.717) is 0 Å². The fourth-order valence-corrected chi connectivity index (χ4v) is 0.414. The standard InChI is InChI=1S/C5H7N.ClH/c6-5-3-1-2-4-5;/h1-4H,6H3;1H/p-1. The molecule has 0 unspecified atom stereocenters. The number of rotatable bonds is 0. The van der Waals surface area contributed by atoms with Crippen LogP contribution in [0.5, 0.6) is 0 Å². The van der Waals surface area contributed by atoms with Gasteiger partial charge in [0.1, 0.15) is 0 Å². The first-order valence-electron chi connectivity index (χ1n) is 1.93. The maximum Gasteiger partial charge on any atom is 0.0200 e. The summed E-state index contributed by atoms with van der Waals surface area (Å²) in [6, 6.07) is 7.89. The molecule has 1 aromatic rings. The predicted octanol–water partition coefficient (Wildman–Crippen LogP) is -2.72. The molecular formula is C5H7ClN-. The average Bonchev–Trinajstić information content (AvgIpc) is 1.86. The van der Waals surface area contributed by atoms with Gasteiger partial charge in [-0.05, 0) is 0 Å². The molecule has 0 aliphatic carbocycles. The van der Waals surface area contributed by atoms with Crippen LogP contribution in [0.1, 0.15) is 0 Å². The Morgan fingerprint density at radius 3 is 1.71 bits per heavy atom. The summed E-state index contributed by atoms with van der Waals surface area (Å²) >= 11 is 0. The lowest BCUT2D eigenvalue weighted by Crippen LogP contribution is -3.00. The molecule has 0 amide bonds. The molecule has 2 heteroatoms. The third-order valence-electron chi connectivity index (χ3n) is 0.732. The van der Waals surface area contributed by atoms with E-state index in [4.69, 9.17) is 0 Å². The van der Waals surface area contributed by atoms with Crippen molar-refractivity contribution in [2.75, 3.05) is 0 Å². The summed E-state index contributed by atoms with van der Waals surface area (Å²) in [6.45, 7) is 0. The zero-order valence-corrected chi connectivity index (χ0v) is 4.65. The van der Waals surface area contributed by atoms with Crippen molar-refractivity contribution in [3.05, 3.63) is 24.3 Å². The zero-order valence-electron chi connectivity index (χ0n) is 3.89. The second kappa shape index (κ2) is 2.72. The molecule has 0 bridgehead atoms. The molecule has 1 rings (SSSR count). The third kappa shape index (κ3) is 1.67. The van der Waals surface area contributed by atoms with Gasteiger partial charge in [0.05, 0.1) is 0 Å². The Morgan fingerprint density at radius 1 is 1.14 bits per heavy atom. The fourth-order valence-electron chi connectivity index (χ4n) is 0.414. The van der Waals surface area contributed by atoms with Crippen LogP contribution >= 0.6 is 0 Å². The van der Waals surface area contributed by atoms with Gasteiger partial charge in [-0.25, -0.2) is 12.1 Å². The zero-order chi connectivity index (χ0) is 4.41. The Labute approximate surface area is 48.9 Å². The van der Waals surface area contributed by atoms with Gasteiger partial charge in [0.2, 0.25) is 0 Å². The molecule has 0 fully saturated rings. The number of hydrogen-bond acceptors (Lipinski definition) is 0. The summed E-state index contributed by atoms with van der Waals surface area (Å²) in [5, 5.41) is 0. The lowest BCUT2D eigenvalue weighted by molar-refractivity contribution is -0.254. The number of quaternary nitrogens is 1. The minimum atomic E-state index is 0. The molecule has 0 spiro atoms. The average molecular weight is 117 g/mol. The first kappa shape index (κ1) is 6.60. The van der Waals surface area contributed by atoms with Gasteiger partial charge in [0.15, 0.2) is 0 Å². The topological polar surface area (TPSA) is 27.6 Å². The molecule has 0 aliphatic heterocycles. The van der Waals surface area contributed by atoms with E-state index in [1.54, 1.807) is 0 Å². The van der Waals surface area contributed by atoms with Crippen molar-refractivity contribution >= 4 is 5.69 Å². The smallest absolute Gasteiger partial charge is 0.0200 e. The fraction of sp³-hybridized carbons (Fsp3) is 0. The monoisotopic (exact) mass is 116 g/mol. The largest absolute Gasteiger partial charge is 1.00 e. The highest BCUT2D eigenvalue weighted by molar-refractivity contribution is 5.27. The number of hydrogen-bond donors (Lipinski definition) is 1. The van der Waals surface area contributed by atoms with E-state index in [0.717, 1.165) is 5.69 Å². The van der Waals surface area contributed by atoms with Crippen LogP contribution in [0.4, 0.5) is 5.69 Å². The summed E-state index contributed by atoms with van der Waals surface area (Å²) in [5.74, 6) is 0. The summed E-state index contributed by atoms with van der Waals surface area (Å²) in [4.78, 5) is 0. The highest BCUT2D eigenvalue weighted by Crippen LogP contribution is 1.94. The highest BCUT2D eigenvalue weighted by Gasteiger charge is 1.67. The van der Waals surface area contributed by atoms with Crippen LogP contribution in [0.15, 0.2) is 24.3 Å². The van der Waals surface area contributed by atoms with E-state index in [-0.39, 0.29) is 12.4 Å². The molecule has 0 atom stereocenters. The Balaban J connectivity index is 0.000000360. The van der Waals surface area contributed by atoms with Crippen molar-refractivity contribution in [3.8, 4) is 0 Å². The van der Waals surface area contributed by atoms with Crippen LogP contribution in [0.3, 0.4) is 0 Å². The minimum absolute atomic E-state index is 0. The molecule has 0 heterocycles. The Bertz CT molecular complexity index is 112. The van der Waals surface area contributed by atoms with Gasteiger partial charge in [-0.3, -0.25) is 0 Å². The second-order valence-electron chi connectivity index (χ2n) is 1.29. The van der Waals surface area contributed by atoms with Crippen LogP contribution in [0.25, 0.3) is 0 Å². The quantitative estimate of drug-likeness (QED) is 0.357. The molecule has 7 heavy (non-hydrogen) atoms. The molecule has 0 aromatic heterocycles. The van der Waals surface area contributed by atoms with Crippen LogP contribution < -0.4 is 18.1 Å². The first-order valence-corrected chi connectivity index (χ1v) is 1.93. The van der Waals surface area contributed by atoms with Gasteiger partial charge in [-0.15, -0.1) is 12.1 Å². The van der Waals surface area contributed by atoms with Crippen molar-refractivity contribution in [1.82, 2.24) is 0 Å². The van der Waals surface area contributed by atoms with Crippen LogP contribution in [0.2, 0.25) is 0 Å². The Kier molecular flexibility index (Phi) is 2.56. The second-order valence-corrected chi connectivity index (χ2v) is 1.29. The van der Waals surface area contributed by atoms with Crippen molar-refractivity contribution in [1.29, 1.82) is 0 Å². The molecule has 1 nitrogen and oxygen atoms in total. The van der Waals surface area contributed by atoms with Crippen molar-refractivity contribution < 1.29 is 18.1 Å². The molecule has 3 N–H and O–H groups in total. The normalized spacial score (nSPS) is 7.57. The van der Waals surface area contributed by atoms with E-state index < -0.39 is 0 Å². The van der Waals surface area contributed by atoms with E-state index in [9.17, 15) is 0 Å². The van der Waals surface area contributed by atoms with Gasteiger partial charge in [0, 0.05) is 5.69 Å². The molecule has 0 aliphatic rings. The lowest BCUT2D eigenvalue weighted by atomic mass is 10.6. The lowest BCUT2D eigenvalue weighted by Gasteiger charge is -1.73. The van der Waals surface area contributed by atoms with E-state index in [1.807, 2.05) is 24.3 Å². The summed E-state index contributed by atoms with van der Waals surface area (Å²) in [7, 11) is 0. The van der Waals surface area contributed by atoms with Gasteiger partial charge >= 0.3 is 0 Å². The third-order valence-corrected chi connectivity index (χ3v) is 0.732. The van der Waals surface area contributed by atoms with E-state index in [2.05, 4.69) is 5.73 Å². The molecule has 1 aromatic carbocycles. The van der Waals surface area contributed by atoms with Crippen LogP contribution in [-0.2, 0) is 0 Å². The molecule has 40 valence electrons. The van der Waals surface area contributed by atoms with Crippen LogP contribution in [0, 0.1) is 0 Å². The Hall–Kier alpha value is -0.400. The van der Waals surface area contributed by atoms with Gasteiger partial charge in [0.25, 0.3) is 0 Å².